The Balaban J connectivity index is 2.30. The summed E-state index contributed by atoms with van der Waals surface area (Å²) in [5.74, 6) is 0.879. The summed E-state index contributed by atoms with van der Waals surface area (Å²) in [6.07, 6.45) is 4.02. The van der Waals surface area contributed by atoms with E-state index in [0.717, 1.165) is 11.8 Å². The molecule has 2 aromatic carbocycles. The minimum Gasteiger partial charge on any atom is -0.497 e. The first-order chi connectivity index (χ1) is 11.8. The number of allylic oxidation sites excluding steroid dienone is 1. The maximum absolute atomic E-state index is 12.4. The summed E-state index contributed by atoms with van der Waals surface area (Å²) in [4.78, 5) is 12.4. The van der Waals surface area contributed by atoms with E-state index in [-0.39, 0.29) is 17.0 Å². The molecule has 1 N–H and O–H groups in total. The van der Waals surface area contributed by atoms with E-state index in [1.165, 1.54) is 12.1 Å². The molecule has 0 bridgehead atoms. The van der Waals surface area contributed by atoms with Crippen molar-refractivity contribution >= 4 is 27.6 Å². The van der Waals surface area contributed by atoms with Crippen LogP contribution in [0.3, 0.4) is 0 Å². The Morgan fingerprint density at radius 3 is 2.20 bits per heavy atom. The molecule has 6 nitrogen and oxygen atoms in total. The smallest absolute Gasteiger partial charge is 0.229 e. The Morgan fingerprint density at radius 1 is 1.04 bits per heavy atom. The molecule has 2 aromatic rings. The minimum absolute atomic E-state index is 0.239. The van der Waals surface area contributed by atoms with Crippen LogP contribution in [0.5, 0.6) is 11.5 Å². The van der Waals surface area contributed by atoms with Crippen molar-refractivity contribution in [3.63, 3.8) is 0 Å². The number of para-hydroxylation sites is 1. The second-order valence-electron chi connectivity index (χ2n) is 5.26. The number of ether oxygens (including phenoxy) is 2. The highest BCUT2D eigenvalue weighted by atomic mass is 32.2. The Hall–Kier alpha value is -2.80. The molecule has 0 aliphatic carbocycles. The van der Waals surface area contributed by atoms with Gasteiger partial charge in [0.25, 0.3) is 0 Å². The van der Waals surface area contributed by atoms with Crippen LogP contribution in [-0.2, 0) is 10.0 Å². The maximum Gasteiger partial charge on any atom is 0.229 e. The van der Waals surface area contributed by atoms with Gasteiger partial charge < -0.3 is 9.47 Å². The lowest BCUT2D eigenvalue weighted by Crippen LogP contribution is -2.12. The summed E-state index contributed by atoms with van der Waals surface area (Å²) in [6, 6.07) is 11.7. The molecule has 0 saturated carbocycles. The number of methoxy groups -OCH3 is 2. The van der Waals surface area contributed by atoms with Crippen molar-refractivity contribution in [1.82, 2.24) is 0 Å². The van der Waals surface area contributed by atoms with Crippen LogP contribution in [0.15, 0.2) is 48.5 Å². The number of hydrogen-bond donors (Lipinski definition) is 1. The van der Waals surface area contributed by atoms with E-state index in [9.17, 15) is 13.2 Å². The highest BCUT2D eigenvalue weighted by Crippen LogP contribution is 2.24. The number of carbonyl (C=O) groups is 1. The second-order valence-corrected chi connectivity index (χ2v) is 7.01. The number of hydrogen-bond acceptors (Lipinski definition) is 5. The van der Waals surface area contributed by atoms with Gasteiger partial charge in [0, 0.05) is 11.6 Å². The Morgan fingerprint density at radius 2 is 1.64 bits per heavy atom. The number of nitrogens with one attached hydrogen (secondary N) is 1. The van der Waals surface area contributed by atoms with Gasteiger partial charge >= 0.3 is 0 Å². The predicted molar refractivity (Wildman–Crippen MR) is 97.8 cm³/mol. The van der Waals surface area contributed by atoms with Gasteiger partial charge in [0.1, 0.15) is 11.5 Å². The van der Waals surface area contributed by atoms with Crippen LogP contribution in [0, 0.1) is 0 Å². The van der Waals surface area contributed by atoms with Crippen molar-refractivity contribution in [2.24, 2.45) is 0 Å². The van der Waals surface area contributed by atoms with Crippen LogP contribution in [0.25, 0.3) is 6.08 Å². The third kappa shape index (κ3) is 5.36. The quantitative estimate of drug-likeness (QED) is 0.606. The summed E-state index contributed by atoms with van der Waals surface area (Å²) in [5, 5.41) is 0. The lowest BCUT2D eigenvalue weighted by atomic mass is 10.1. The lowest BCUT2D eigenvalue weighted by Gasteiger charge is -2.08. The SMILES string of the molecule is COc1cc(/C=C/C(=O)c2ccccc2NS(C)(=O)=O)cc(OC)c1. The Labute approximate surface area is 147 Å². The van der Waals surface area contributed by atoms with Gasteiger partial charge in [-0.25, -0.2) is 8.42 Å². The maximum atomic E-state index is 12.4. The van der Waals surface area contributed by atoms with Gasteiger partial charge in [-0.15, -0.1) is 0 Å². The zero-order valence-corrected chi connectivity index (χ0v) is 15.0. The second kappa shape index (κ2) is 7.85. The molecule has 0 radical (unpaired) electrons. The number of carbonyl (C=O) groups excluding carboxylic acids is 1. The zero-order chi connectivity index (χ0) is 18.4. The molecule has 0 aliphatic rings. The molecule has 25 heavy (non-hydrogen) atoms. The standard InChI is InChI=1S/C18H19NO5S/c1-23-14-10-13(11-15(12-14)24-2)8-9-18(20)16-6-4-5-7-17(16)19-25(3,21)22/h4-12,19H,1-3H3/b9-8+. The average molecular weight is 361 g/mol. The molecule has 0 heterocycles. The van der Waals surface area contributed by atoms with Crippen LogP contribution < -0.4 is 14.2 Å². The van der Waals surface area contributed by atoms with Crippen LogP contribution >= 0.6 is 0 Å². The summed E-state index contributed by atoms with van der Waals surface area (Å²) in [6.45, 7) is 0. The van der Waals surface area contributed by atoms with E-state index in [4.69, 9.17) is 9.47 Å². The first kappa shape index (κ1) is 18.5. The fraction of sp³-hybridized carbons (Fsp3) is 0.167. The summed E-state index contributed by atoms with van der Waals surface area (Å²) < 4.78 is 35.6. The Bertz CT molecular complexity index is 881. The summed E-state index contributed by atoms with van der Waals surface area (Å²) in [5.41, 5.74) is 1.22. The van der Waals surface area contributed by atoms with Crippen molar-refractivity contribution < 1.29 is 22.7 Å². The first-order valence-electron chi connectivity index (χ1n) is 7.34. The van der Waals surface area contributed by atoms with E-state index in [0.29, 0.717) is 11.5 Å². The number of rotatable bonds is 7. The van der Waals surface area contributed by atoms with Crippen LogP contribution in [-0.4, -0.2) is 34.7 Å². The van der Waals surface area contributed by atoms with E-state index < -0.39 is 10.0 Å². The van der Waals surface area contributed by atoms with E-state index in [1.807, 2.05) is 0 Å². The molecule has 2 rings (SSSR count). The van der Waals surface area contributed by atoms with E-state index in [2.05, 4.69) is 4.72 Å². The minimum atomic E-state index is -3.48. The van der Waals surface area contributed by atoms with Crippen molar-refractivity contribution in [2.75, 3.05) is 25.2 Å². The van der Waals surface area contributed by atoms with Gasteiger partial charge in [0.2, 0.25) is 10.0 Å². The predicted octanol–water partition coefficient (Wildman–Crippen LogP) is 2.97. The number of sulfonamides is 1. The molecule has 132 valence electrons. The number of ketones is 1. The molecule has 7 heteroatoms. The fourth-order valence-electron chi connectivity index (χ4n) is 2.17. The lowest BCUT2D eigenvalue weighted by molar-refractivity contribution is 0.104. The van der Waals surface area contributed by atoms with Gasteiger partial charge in [-0.1, -0.05) is 18.2 Å². The molecule has 0 saturated heterocycles. The highest BCUT2D eigenvalue weighted by Gasteiger charge is 2.11. The average Bonchev–Trinajstić information content (AvgIpc) is 2.58. The van der Waals surface area contributed by atoms with Gasteiger partial charge in [0.05, 0.1) is 26.2 Å². The van der Waals surface area contributed by atoms with Gasteiger partial charge in [0.15, 0.2) is 5.78 Å². The normalized spacial score (nSPS) is 11.3. The van der Waals surface area contributed by atoms with Crippen LogP contribution in [0.2, 0.25) is 0 Å². The molecule has 0 amide bonds. The highest BCUT2D eigenvalue weighted by molar-refractivity contribution is 7.92. The van der Waals surface area contributed by atoms with Gasteiger partial charge in [-0.2, -0.15) is 0 Å². The number of anilines is 1. The molecule has 0 spiro atoms. The first-order valence-corrected chi connectivity index (χ1v) is 9.24. The zero-order valence-electron chi connectivity index (χ0n) is 14.1. The molecule has 0 aromatic heterocycles. The van der Waals surface area contributed by atoms with E-state index >= 15 is 0 Å². The van der Waals surface area contributed by atoms with Crippen molar-refractivity contribution in [2.45, 2.75) is 0 Å². The van der Waals surface area contributed by atoms with Crippen molar-refractivity contribution in [3.8, 4) is 11.5 Å². The van der Waals surface area contributed by atoms with Crippen LogP contribution in [0.4, 0.5) is 5.69 Å². The molecular weight excluding hydrogens is 342 g/mol. The molecule has 0 aliphatic heterocycles. The third-order valence-corrected chi connectivity index (χ3v) is 3.88. The molecule has 0 unspecified atom stereocenters. The van der Waals surface area contributed by atoms with Gasteiger partial charge in [-0.05, 0) is 35.9 Å². The summed E-state index contributed by atoms with van der Waals surface area (Å²) in [7, 11) is -0.393. The van der Waals surface area contributed by atoms with Crippen molar-refractivity contribution in [3.05, 3.63) is 59.7 Å². The molecule has 0 atom stereocenters. The molecular formula is C18H19NO5S. The molecule has 0 fully saturated rings. The monoisotopic (exact) mass is 361 g/mol. The van der Waals surface area contributed by atoms with Gasteiger partial charge in [-0.3, -0.25) is 9.52 Å². The summed E-state index contributed by atoms with van der Waals surface area (Å²) >= 11 is 0. The van der Waals surface area contributed by atoms with Crippen molar-refractivity contribution in [1.29, 1.82) is 0 Å². The third-order valence-electron chi connectivity index (χ3n) is 3.29. The number of benzene rings is 2. The largest absolute Gasteiger partial charge is 0.497 e. The Kier molecular flexibility index (Phi) is 5.82. The fourth-order valence-corrected chi connectivity index (χ4v) is 2.75. The van der Waals surface area contributed by atoms with E-state index in [1.54, 1.807) is 56.7 Å². The van der Waals surface area contributed by atoms with Crippen LogP contribution in [0.1, 0.15) is 15.9 Å². The topological polar surface area (TPSA) is 81.7 Å².